The molecule has 0 amide bonds. The fraction of sp³-hybridized carbons (Fsp3) is 0.474. The van der Waals surface area contributed by atoms with Crippen LogP contribution in [0, 0.1) is 0 Å². The molecule has 0 spiro atoms. The SMILES string of the molecule is CCC[c-]1[cH-][cH-][cH-][c-]1CCC.CCC[c-]1cccc1.[Fe]. The normalized spacial score (nSPS) is 9.55. The Bertz CT molecular complexity index is 388. The minimum atomic E-state index is 0. The van der Waals surface area contributed by atoms with E-state index in [0.717, 1.165) is 0 Å². The first-order valence-corrected chi connectivity index (χ1v) is 7.75. The van der Waals surface area contributed by atoms with E-state index in [2.05, 4.69) is 63.2 Å². The molecule has 1 heteroatoms. The second-order valence-corrected chi connectivity index (χ2v) is 5.12. The van der Waals surface area contributed by atoms with Crippen LogP contribution in [-0.2, 0) is 36.3 Å². The van der Waals surface area contributed by atoms with Gasteiger partial charge in [-0.25, -0.2) is 25.0 Å². The smallest absolute Gasteiger partial charge is 0 e. The van der Waals surface area contributed by atoms with E-state index in [9.17, 15) is 0 Å². The zero-order valence-corrected chi connectivity index (χ0v) is 14.2. The predicted molar refractivity (Wildman–Crippen MR) is 86.1 cm³/mol. The van der Waals surface area contributed by atoms with E-state index in [1.807, 2.05) is 0 Å². The molecule has 118 valence electrons. The van der Waals surface area contributed by atoms with Crippen molar-refractivity contribution in [2.45, 2.75) is 59.3 Å². The van der Waals surface area contributed by atoms with Gasteiger partial charge in [0, 0.05) is 17.1 Å². The Kier molecular flexibility index (Phi) is 11.5. The average molecular weight is 312 g/mol. The van der Waals surface area contributed by atoms with Crippen molar-refractivity contribution in [2.24, 2.45) is 0 Å². The van der Waals surface area contributed by atoms with Crippen molar-refractivity contribution in [3.63, 3.8) is 0 Å². The quantitative estimate of drug-likeness (QED) is 0.476. The average Bonchev–Trinajstić information content (AvgIpc) is 3.04. The molecular formula is C19H28Fe-6. The third-order valence-corrected chi connectivity index (χ3v) is 3.32. The fourth-order valence-corrected chi connectivity index (χ4v) is 2.39. The van der Waals surface area contributed by atoms with Crippen LogP contribution in [0.2, 0.25) is 0 Å². The molecule has 0 aliphatic heterocycles. The van der Waals surface area contributed by atoms with Crippen LogP contribution < -0.4 is 0 Å². The minimum absolute atomic E-state index is 0. The third-order valence-electron chi connectivity index (χ3n) is 3.32. The molecule has 0 saturated carbocycles. The molecular weight excluding hydrogens is 284 g/mol. The van der Waals surface area contributed by atoms with Crippen molar-refractivity contribution in [2.75, 3.05) is 0 Å². The van der Waals surface area contributed by atoms with E-state index < -0.39 is 0 Å². The van der Waals surface area contributed by atoms with Crippen molar-refractivity contribution in [3.05, 3.63) is 59.2 Å². The van der Waals surface area contributed by atoms with Gasteiger partial charge in [0.2, 0.25) is 0 Å². The summed E-state index contributed by atoms with van der Waals surface area (Å²) >= 11 is 0. The standard InChI is InChI=1S/C11H17.C8H11.Fe/c1-3-6-10-8-5-9-11(10)7-4-2;1-2-5-8-6-3-4-7-8;/h5,8-9H,3-4,6-7H2,1-2H3;3-4,6-7H,2,5H2,1H3;/q-5;-1;. The summed E-state index contributed by atoms with van der Waals surface area (Å²) in [4.78, 5) is 0. The first-order chi connectivity index (χ1) is 9.31. The predicted octanol–water partition coefficient (Wildman–Crippen LogP) is 5.67. The molecule has 0 radical (unpaired) electrons. The van der Waals surface area contributed by atoms with Crippen LogP contribution in [-0.4, -0.2) is 0 Å². The first kappa shape index (κ1) is 19.2. The van der Waals surface area contributed by atoms with Crippen LogP contribution in [0.25, 0.3) is 0 Å². The monoisotopic (exact) mass is 312 g/mol. The largest absolute Gasteiger partial charge is 0.747 e. The number of aryl methyl sites for hydroxylation is 3. The molecule has 0 unspecified atom stereocenters. The molecule has 0 aliphatic carbocycles. The van der Waals surface area contributed by atoms with Gasteiger partial charge in [0.1, 0.15) is 0 Å². The van der Waals surface area contributed by atoms with Crippen molar-refractivity contribution in [1.29, 1.82) is 0 Å². The van der Waals surface area contributed by atoms with E-state index in [-0.39, 0.29) is 17.1 Å². The van der Waals surface area contributed by atoms with Crippen LogP contribution in [0.1, 0.15) is 56.7 Å². The Balaban J connectivity index is 0.000000359. The van der Waals surface area contributed by atoms with Gasteiger partial charge in [-0.2, -0.15) is 17.7 Å². The van der Waals surface area contributed by atoms with E-state index in [1.54, 1.807) is 11.1 Å². The van der Waals surface area contributed by atoms with Gasteiger partial charge in [0.25, 0.3) is 0 Å². The molecule has 2 rings (SSSR count). The van der Waals surface area contributed by atoms with Gasteiger partial charge in [-0.15, -0.1) is 0 Å². The summed E-state index contributed by atoms with van der Waals surface area (Å²) in [6, 6.07) is 15.2. The fourth-order valence-electron chi connectivity index (χ4n) is 2.39. The van der Waals surface area contributed by atoms with Crippen LogP contribution in [0.15, 0.2) is 42.5 Å². The van der Waals surface area contributed by atoms with Gasteiger partial charge in [0.05, 0.1) is 0 Å². The van der Waals surface area contributed by atoms with Crippen LogP contribution in [0.4, 0.5) is 0 Å². The Morgan fingerprint density at radius 1 is 0.750 bits per heavy atom. The van der Waals surface area contributed by atoms with Crippen molar-refractivity contribution in [1.82, 2.24) is 0 Å². The van der Waals surface area contributed by atoms with Crippen molar-refractivity contribution in [3.8, 4) is 0 Å². The topological polar surface area (TPSA) is 0 Å². The van der Waals surface area contributed by atoms with Gasteiger partial charge in [0.15, 0.2) is 0 Å². The van der Waals surface area contributed by atoms with Crippen LogP contribution in [0.3, 0.4) is 0 Å². The first-order valence-electron chi connectivity index (χ1n) is 7.75. The van der Waals surface area contributed by atoms with E-state index in [0.29, 0.717) is 0 Å². The molecule has 2 aromatic carbocycles. The van der Waals surface area contributed by atoms with Gasteiger partial charge in [-0.05, 0) is 0 Å². The Labute approximate surface area is 135 Å². The second-order valence-electron chi connectivity index (χ2n) is 5.12. The van der Waals surface area contributed by atoms with Crippen molar-refractivity contribution < 1.29 is 17.1 Å². The molecule has 0 aromatic heterocycles. The number of hydrogen-bond donors (Lipinski definition) is 0. The van der Waals surface area contributed by atoms with E-state index in [1.165, 1.54) is 44.1 Å². The summed E-state index contributed by atoms with van der Waals surface area (Å²) in [7, 11) is 0. The minimum Gasteiger partial charge on any atom is -0.747 e. The molecule has 20 heavy (non-hydrogen) atoms. The van der Waals surface area contributed by atoms with Crippen LogP contribution in [0.5, 0.6) is 0 Å². The van der Waals surface area contributed by atoms with Gasteiger partial charge < -0.3 is 29.3 Å². The maximum atomic E-state index is 2.26. The van der Waals surface area contributed by atoms with Gasteiger partial charge in [-0.3, -0.25) is 0 Å². The summed E-state index contributed by atoms with van der Waals surface area (Å²) in [5.41, 5.74) is 4.59. The number of rotatable bonds is 6. The molecule has 0 fully saturated rings. The Morgan fingerprint density at radius 3 is 1.60 bits per heavy atom. The summed E-state index contributed by atoms with van der Waals surface area (Å²) in [5, 5.41) is 0. The maximum absolute atomic E-state index is 2.26. The molecule has 0 N–H and O–H groups in total. The molecule has 2 aromatic rings. The molecule has 0 heterocycles. The number of hydrogen-bond acceptors (Lipinski definition) is 0. The molecule has 0 saturated heterocycles. The molecule has 0 bridgehead atoms. The van der Waals surface area contributed by atoms with Gasteiger partial charge >= 0.3 is 0 Å². The maximum Gasteiger partial charge on any atom is 0 e. The Morgan fingerprint density at radius 2 is 1.20 bits per heavy atom. The van der Waals surface area contributed by atoms with E-state index in [4.69, 9.17) is 0 Å². The summed E-state index contributed by atoms with van der Waals surface area (Å²) in [6.45, 7) is 6.68. The summed E-state index contributed by atoms with van der Waals surface area (Å²) in [5.74, 6) is 0. The molecule has 0 nitrogen and oxygen atoms in total. The zero-order chi connectivity index (χ0) is 13.9. The summed E-state index contributed by atoms with van der Waals surface area (Å²) in [6.07, 6.45) is 7.52. The van der Waals surface area contributed by atoms with Gasteiger partial charge in [-0.1, -0.05) is 46.5 Å². The van der Waals surface area contributed by atoms with Crippen molar-refractivity contribution >= 4 is 0 Å². The summed E-state index contributed by atoms with van der Waals surface area (Å²) < 4.78 is 0. The zero-order valence-electron chi connectivity index (χ0n) is 13.1. The van der Waals surface area contributed by atoms with Crippen LogP contribution >= 0.6 is 0 Å². The Hall–Kier alpha value is -0.781. The molecule has 0 aliphatic rings. The molecule has 0 atom stereocenters. The van der Waals surface area contributed by atoms with E-state index >= 15 is 0 Å². The third kappa shape index (κ3) is 7.12. The second kappa shape index (κ2) is 12.0.